The molecule has 5 heteroatoms. The fraction of sp³-hybridized carbons (Fsp3) is 0.900. The Morgan fingerprint density at radius 2 is 2.00 bits per heavy atom. The van der Waals surface area contributed by atoms with Gasteiger partial charge in [0.15, 0.2) is 0 Å². The van der Waals surface area contributed by atoms with Crippen molar-refractivity contribution in [2.45, 2.75) is 33.7 Å². The average Bonchev–Trinajstić information content (AvgIpc) is 2.14. The Bertz CT molecular complexity index is 236. The lowest BCUT2D eigenvalue weighted by Crippen LogP contribution is -2.49. The Labute approximate surface area is 94.4 Å². The minimum atomic E-state index is -0.833. The lowest BCUT2D eigenvalue weighted by Gasteiger charge is -2.25. The van der Waals surface area contributed by atoms with Crippen LogP contribution in [-0.2, 0) is 15.6 Å². The van der Waals surface area contributed by atoms with Crippen molar-refractivity contribution in [2.75, 3.05) is 18.1 Å². The highest BCUT2D eigenvalue weighted by molar-refractivity contribution is 7.84. The van der Waals surface area contributed by atoms with Gasteiger partial charge in [0.2, 0.25) is 5.91 Å². The molecule has 0 fully saturated rings. The zero-order valence-corrected chi connectivity index (χ0v) is 10.8. The normalized spacial score (nSPS) is 15.8. The molecule has 4 nitrogen and oxygen atoms in total. The van der Waals surface area contributed by atoms with Crippen LogP contribution in [0.5, 0.6) is 0 Å². The standard InChI is InChI=1S/C10H22N2O2S/c1-5-15(14)7-6-12-9(13)8(11)10(2,3)4/h8H,5-7,11H2,1-4H3,(H,12,13). The molecule has 90 valence electrons. The molecule has 0 aromatic heterocycles. The average molecular weight is 234 g/mol. The molecule has 0 bridgehead atoms. The summed E-state index contributed by atoms with van der Waals surface area (Å²) >= 11 is 0. The summed E-state index contributed by atoms with van der Waals surface area (Å²) in [7, 11) is -0.833. The highest BCUT2D eigenvalue weighted by atomic mass is 32.2. The Morgan fingerprint density at radius 1 is 1.47 bits per heavy atom. The first-order valence-corrected chi connectivity index (χ1v) is 6.66. The van der Waals surface area contributed by atoms with Crippen LogP contribution in [0, 0.1) is 5.41 Å². The van der Waals surface area contributed by atoms with Crippen LogP contribution in [0.3, 0.4) is 0 Å². The number of amides is 1. The maximum absolute atomic E-state index is 11.5. The molecule has 0 radical (unpaired) electrons. The maximum Gasteiger partial charge on any atom is 0.237 e. The summed E-state index contributed by atoms with van der Waals surface area (Å²) in [5.41, 5.74) is 5.51. The van der Waals surface area contributed by atoms with Gasteiger partial charge in [0.25, 0.3) is 0 Å². The van der Waals surface area contributed by atoms with Gasteiger partial charge < -0.3 is 11.1 Å². The SMILES string of the molecule is CCS(=O)CCNC(=O)C(N)C(C)(C)C. The van der Waals surface area contributed by atoms with Crippen molar-refractivity contribution in [2.24, 2.45) is 11.1 Å². The first-order valence-electron chi connectivity index (χ1n) is 5.17. The molecule has 0 saturated heterocycles. The van der Waals surface area contributed by atoms with Crippen molar-refractivity contribution in [1.82, 2.24) is 5.32 Å². The molecule has 1 amide bonds. The smallest absolute Gasteiger partial charge is 0.237 e. The summed E-state index contributed by atoms with van der Waals surface area (Å²) in [6.07, 6.45) is 0. The number of rotatable bonds is 5. The van der Waals surface area contributed by atoms with E-state index in [1.54, 1.807) is 0 Å². The van der Waals surface area contributed by atoms with E-state index >= 15 is 0 Å². The van der Waals surface area contributed by atoms with Crippen LogP contribution in [0.25, 0.3) is 0 Å². The van der Waals surface area contributed by atoms with Crippen molar-refractivity contribution in [1.29, 1.82) is 0 Å². The van der Waals surface area contributed by atoms with Gasteiger partial charge in [-0.15, -0.1) is 0 Å². The minimum Gasteiger partial charge on any atom is -0.354 e. The maximum atomic E-state index is 11.5. The van der Waals surface area contributed by atoms with E-state index < -0.39 is 16.8 Å². The Hall–Kier alpha value is -0.420. The molecular formula is C10H22N2O2S. The third-order valence-corrected chi connectivity index (χ3v) is 3.47. The van der Waals surface area contributed by atoms with Crippen LogP contribution in [-0.4, -0.2) is 34.2 Å². The van der Waals surface area contributed by atoms with Crippen LogP contribution >= 0.6 is 0 Å². The topological polar surface area (TPSA) is 72.2 Å². The quantitative estimate of drug-likeness (QED) is 0.716. The third-order valence-electron chi connectivity index (χ3n) is 2.17. The largest absolute Gasteiger partial charge is 0.354 e. The van der Waals surface area contributed by atoms with Gasteiger partial charge in [-0.05, 0) is 5.41 Å². The van der Waals surface area contributed by atoms with Gasteiger partial charge in [0.05, 0.1) is 6.04 Å². The van der Waals surface area contributed by atoms with E-state index in [4.69, 9.17) is 5.73 Å². The van der Waals surface area contributed by atoms with Gasteiger partial charge in [-0.25, -0.2) is 0 Å². The van der Waals surface area contributed by atoms with Crippen LogP contribution in [0.2, 0.25) is 0 Å². The second kappa shape index (κ2) is 6.23. The first-order chi connectivity index (χ1) is 6.79. The fourth-order valence-electron chi connectivity index (χ4n) is 0.936. The predicted octanol–water partition coefficient (Wildman–Crippen LogP) is 0.245. The lowest BCUT2D eigenvalue weighted by molar-refractivity contribution is -0.124. The van der Waals surface area contributed by atoms with Crippen molar-refractivity contribution in [3.8, 4) is 0 Å². The summed E-state index contributed by atoms with van der Waals surface area (Å²) in [6, 6.07) is -0.521. The summed E-state index contributed by atoms with van der Waals surface area (Å²) in [5, 5.41) is 2.70. The van der Waals surface area contributed by atoms with Gasteiger partial charge >= 0.3 is 0 Å². The molecule has 3 N–H and O–H groups in total. The van der Waals surface area contributed by atoms with E-state index in [0.29, 0.717) is 18.1 Å². The lowest BCUT2D eigenvalue weighted by atomic mass is 9.87. The van der Waals surface area contributed by atoms with Crippen LogP contribution in [0.4, 0.5) is 0 Å². The molecule has 0 aromatic carbocycles. The molecule has 0 aliphatic heterocycles. The number of carbonyl (C=O) groups is 1. The zero-order valence-electron chi connectivity index (χ0n) is 10.0. The molecule has 0 aliphatic carbocycles. The van der Waals surface area contributed by atoms with Gasteiger partial charge in [0, 0.05) is 28.9 Å². The van der Waals surface area contributed by atoms with Crippen LogP contribution in [0.1, 0.15) is 27.7 Å². The first kappa shape index (κ1) is 14.6. The Kier molecular flexibility index (Phi) is 6.05. The molecular weight excluding hydrogens is 212 g/mol. The second-order valence-electron chi connectivity index (χ2n) is 4.57. The number of hydrogen-bond donors (Lipinski definition) is 2. The summed E-state index contributed by atoms with van der Waals surface area (Å²) in [6.45, 7) is 8.05. The number of carbonyl (C=O) groups excluding carboxylic acids is 1. The molecule has 2 atom stereocenters. The Balaban J connectivity index is 3.90. The number of nitrogens with two attached hydrogens (primary N) is 1. The molecule has 0 spiro atoms. The van der Waals surface area contributed by atoms with E-state index in [0.717, 1.165) is 0 Å². The zero-order chi connectivity index (χ0) is 12.1. The molecule has 2 unspecified atom stereocenters. The van der Waals surface area contributed by atoms with Gasteiger partial charge in [-0.1, -0.05) is 27.7 Å². The van der Waals surface area contributed by atoms with Gasteiger partial charge in [-0.2, -0.15) is 0 Å². The monoisotopic (exact) mass is 234 g/mol. The van der Waals surface area contributed by atoms with Crippen molar-refractivity contribution < 1.29 is 9.00 Å². The molecule has 0 heterocycles. The fourth-order valence-corrected chi connectivity index (χ4v) is 1.55. The highest BCUT2D eigenvalue weighted by Gasteiger charge is 2.26. The third kappa shape index (κ3) is 5.89. The van der Waals surface area contributed by atoms with Crippen LogP contribution in [0.15, 0.2) is 0 Å². The van der Waals surface area contributed by atoms with Gasteiger partial charge in [0.1, 0.15) is 0 Å². The molecule has 0 saturated carbocycles. The molecule has 15 heavy (non-hydrogen) atoms. The predicted molar refractivity (Wildman–Crippen MR) is 64.0 cm³/mol. The Morgan fingerprint density at radius 3 is 2.40 bits per heavy atom. The van der Waals surface area contributed by atoms with E-state index in [1.165, 1.54) is 0 Å². The van der Waals surface area contributed by atoms with Crippen LogP contribution < -0.4 is 11.1 Å². The second-order valence-corrected chi connectivity index (χ2v) is 6.43. The van der Waals surface area contributed by atoms with Crippen molar-refractivity contribution in [3.05, 3.63) is 0 Å². The molecule has 0 aliphatic rings. The van der Waals surface area contributed by atoms with E-state index in [-0.39, 0.29) is 11.3 Å². The molecule has 0 aromatic rings. The van der Waals surface area contributed by atoms with Gasteiger partial charge in [-0.3, -0.25) is 9.00 Å². The van der Waals surface area contributed by atoms with E-state index in [1.807, 2.05) is 27.7 Å². The summed E-state index contributed by atoms with van der Waals surface area (Å²) < 4.78 is 11.1. The van der Waals surface area contributed by atoms with E-state index in [9.17, 15) is 9.00 Å². The number of nitrogens with one attached hydrogen (secondary N) is 1. The summed E-state index contributed by atoms with van der Waals surface area (Å²) in [5.74, 6) is 0.955. The van der Waals surface area contributed by atoms with Crippen molar-refractivity contribution >= 4 is 16.7 Å². The summed E-state index contributed by atoms with van der Waals surface area (Å²) in [4.78, 5) is 11.5. The van der Waals surface area contributed by atoms with E-state index in [2.05, 4.69) is 5.32 Å². The molecule has 0 rings (SSSR count). The minimum absolute atomic E-state index is 0.171. The highest BCUT2D eigenvalue weighted by Crippen LogP contribution is 2.16. The number of hydrogen-bond acceptors (Lipinski definition) is 3. The van der Waals surface area contributed by atoms with Crippen molar-refractivity contribution in [3.63, 3.8) is 0 Å².